The number of amidine groups is 1. The van der Waals surface area contributed by atoms with Gasteiger partial charge in [-0.3, -0.25) is 4.79 Å². The Balaban J connectivity index is 1.65. The molecule has 6 nitrogen and oxygen atoms in total. The van der Waals surface area contributed by atoms with E-state index in [9.17, 15) is 4.79 Å². The topological polar surface area (TPSA) is 89.6 Å². The number of nitrogens with two attached hydrogens (primary N) is 1. The highest BCUT2D eigenvalue weighted by atomic mass is 32.2. The summed E-state index contributed by atoms with van der Waals surface area (Å²) in [4.78, 5) is 21.9. The number of nitrogen functional groups attached to an aromatic ring is 1. The number of aromatic nitrogens is 1. The summed E-state index contributed by atoms with van der Waals surface area (Å²) >= 11 is 3.09. The van der Waals surface area contributed by atoms with Gasteiger partial charge in [-0.25, -0.2) is 9.98 Å². The SMILES string of the molecule is CC1C[C@@H]2CSC(NC(=O)c3ccccc3)=N[C@@]2(c2nc(N)cs2)CO1. The van der Waals surface area contributed by atoms with Crippen LogP contribution in [0.5, 0.6) is 0 Å². The highest BCUT2D eigenvalue weighted by Gasteiger charge is 2.49. The van der Waals surface area contributed by atoms with Crippen molar-refractivity contribution in [2.24, 2.45) is 10.9 Å². The second kappa shape index (κ2) is 7.02. The number of rotatable bonds is 2. The van der Waals surface area contributed by atoms with Crippen LogP contribution < -0.4 is 11.1 Å². The summed E-state index contributed by atoms with van der Waals surface area (Å²) in [5.41, 5.74) is 5.90. The van der Waals surface area contributed by atoms with Crippen molar-refractivity contribution in [1.82, 2.24) is 10.3 Å². The van der Waals surface area contributed by atoms with Crippen molar-refractivity contribution in [2.45, 2.75) is 25.0 Å². The van der Waals surface area contributed by atoms with Crippen LogP contribution in [0, 0.1) is 5.92 Å². The Kier molecular flexibility index (Phi) is 4.73. The molecule has 0 spiro atoms. The zero-order valence-electron chi connectivity index (χ0n) is 14.3. The van der Waals surface area contributed by atoms with Crippen molar-refractivity contribution in [3.05, 3.63) is 46.3 Å². The van der Waals surface area contributed by atoms with Crippen molar-refractivity contribution in [3.8, 4) is 0 Å². The largest absolute Gasteiger partial charge is 0.383 e. The Bertz CT molecular complexity index is 839. The van der Waals surface area contributed by atoms with Gasteiger partial charge in [0.1, 0.15) is 16.4 Å². The predicted molar refractivity (Wildman–Crippen MR) is 106 cm³/mol. The van der Waals surface area contributed by atoms with E-state index >= 15 is 0 Å². The van der Waals surface area contributed by atoms with Crippen LogP contribution in [0.2, 0.25) is 0 Å². The molecule has 1 aromatic heterocycles. The number of thioether (sulfide) groups is 1. The van der Waals surface area contributed by atoms with Crippen LogP contribution in [0.3, 0.4) is 0 Å². The number of fused-ring (bicyclic) bond motifs is 1. The van der Waals surface area contributed by atoms with Crippen LogP contribution in [-0.4, -0.2) is 34.5 Å². The number of hydrogen-bond acceptors (Lipinski definition) is 7. The first-order valence-corrected chi connectivity index (χ1v) is 10.4. The lowest BCUT2D eigenvalue weighted by atomic mass is 9.80. The van der Waals surface area contributed by atoms with Crippen LogP contribution in [-0.2, 0) is 10.3 Å². The van der Waals surface area contributed by atoms with Gasteiger partial charge in [0, 0.05) is 22.6 Å². The van der Waals surface area contributed by atoms with Gasteiger partial charge in [-0.1, -0.05) is 30.0 Å². The Morgan fingerprint density at radius 3 is 2.92 bits per heavy atom. The molecule has 1 unspecified atom stereocenters. The Hall–Kier alpha value is -1.90. The summed E-state index contributed by atoms with van der Waals surface area (Å²) in [6.07, 6.45) is 1.11. The van der Waals surface area contributed by atoms with Crippen LogP contribution in [0.15, 0.2) is 40.7 Å². The lowest BCUT2D eigenvalue weighted by molar-refractivity contribution is -0.0466. The Labute approximate surface area is 160 Å². The average molecular weight is 389 g/mol. The minimum Gasteiger partial charge on any atom is -0.383 e. The van der Waals surface area contributed by atoms with E-state index in [1.54, 1.807) is 23.9 Å². The number of carbonyl (C=O) groups is 1. The van der Waals surface area contributed by atoms with Crippen LogP contribution in [0.1, 0.15) is 28.7 Å². The molecule has 3 atom stereocenters. The quantitative estimate of drug-likeness (QED) is 0.826. The summed E-state index contributed by atoms with van der Waals surface area (Å²) < 4.78 is 5.95. The molecule has 1 aromatic carbocycles. The molecule has 0 saturated carbocycles. The Morgan fingerprint density at radius 1 is 1.38 bits per heavy atom. The molecule has 136 valence electrons. The highest BCUT2D eigenvalue weighted by Crippen LogP contribution is 2.47. The van der Waals surface area contributed by atoms with Crippen molar-refractivity contribution < 1.29 is 9.53 Å². The Morgan fingerprint density at radius 2 is 2.19 bits per heavy atom. The number of nitrogens with zero attached hydrogens (tertiary/aromatic N) is 2. The number of thiazole rings is 1. The maximum atomic E-state index is 12.5. The molecule has 8 heteroatoms. The van der Waals surface area contributed by atoms with Gasteiger partial charge in [-0.15, -0.1) is 11.3 Å². The molecule has 0 radical (unpaired) electrons. The van der Waals surface area contributed by atoms with Crippen molar-refractivity contribution >= 4 is 40.0 Å². The number of hydrogen-bond donors (Lipinski definition) is 2. The first kappa shape index (κ1) is 17.5. The fourth-order valence-electron chi connectivity index (χ4n) is 3.37. The molecule has 1 amide bonds. The first-order chi connectivity index (χ1) is 12.6. The number of carbonyl (C=O) groups excluding carboxylic acids is 1. The maximum absolute atomic E-state index is 12.5. The summed E-state index contributed by atoms with van der Waals surface area (Å²) in [5, 5.41) is 6.25. The third-order valence-electron chi connectivity index (χ3n) is 4.75. The van der Waals surface area contributed by atoms with Gasteiger partial charge < -0.3 is 15.8 Å². The monoisotopic (exact) mass is 388 g/mol. The first-order valence-electron chi connectivity index (χ1n) is 8.49. The molecule has 1 fully saturated rings. The van der Waals surface area contributed by atoms with E-state index in [2.05, 4.69) is 17.2 Å². The zero-order valence-corrected chi connectivity index (χ0v) is 16.0. The van der Waals surface area contributed by atoms with E-state index in [0.29, 0.717) is 29.1 Å². The van der Waals surface area contributed by atoms with Crippen molar-refractivity contribution in [3.63, 3.8) is 0 Å². The molecule has 0 aliphatic carbocycles. The number of amides is 1. The van der Waals surface area contributed by atoms with Gasteiger partial charge in [0.15, 0.2) is 5.17 Å². The lowest BCUT2D eigenvalue weighted by Crippen LogP contribution is -2.50. The lowest BCUT2D eigenvalue weighted by Gasteiger charge is -2.44. The molecule has 2 aliphatic heterocycles. The van der Waals surface area contributed by atoms with E-state index in [-0.39, 0.29) is 12.0 Å². The van der Waals surface area contributed by atoms with Crippen LogP contribution in [0.4, 0.5) is 5.82 Å². The van der Waals surface area contributed by atoms with E-state index < -0.39 is 5.54 Å². The normalized spacial score (nSPS) is 28.1. The second-order valence-corrected chi connectivity index (χ2v) is 8.47. The van der Waals surface area contributed by atoms with Crippen LogP contribution >= 0.6 is 23.1 Å². The average Bonchev–Trinajstić information content (AvgIpc) is 3.09. The minimum absolute atomic E-state index is 0.158. The molecule has 2 aromatic rings. The van der Waals surface area contributed by atoms with Gasteiger partial charge in [-0.05, 0) is 25.5 Å². The second-order valence-electron chi connectivity index (χ2n) is 6.60. The summed E-state index contributed by atoms with van der Waals surface area (Å²) in [6.45, 7) is 2.54. The third kappa shape index (κ3) is 3.24. The van der Waals surface area contributed by atoms with Gasteiger partial charge in [0.2, 0.25) is 0 Å². The van der Waals surface area contributed by atoms with Gasteiger partial charge >= 0.3 is 0 Å². The number of benzene rings is 1. The fourth-order valence-corrected chi connectivity index (χ4v) is 5.45. The molecule has 3 heterocycles. The van der Waals surface area contributed by atoms with Crippen LogP contribution in [0.25, 0.3) is 0 Å². The number of aliphatic imine (C=N–C) groups is 1. The van der Waals surface area contributed by atoms with E-state index in [1.807, 2.05) is 23.6 Å². The number of nitrogens with one attached hydrogen (secondary N) is 1. The van der Waals surface area contributed by atoms with Gasteiger partial charge in [0.05, 0.1) is 12.7 Å². The summed E-state index contributed by atoms with van der Waals surface area (Å²) in [6, 6.07) is 9.15. The highest BCUT2D eigenvalue weighted by molar-refractivity contribution is 8.13. The molecule has 2 aliphatic rings. The van der Waals surface area contributed by atoms with Gasteiger partial charge in [-0.2, -0.15) is 0 Å². The third-order valence-corrected chi connectivity index (χ3v) is 6.81. The molecular formula is C18H20N4O2S2. The van der Waals surface area contributed by atoms with E-state index in [0.717, 1.165) is 17.2 Å². The molecule has 0 bridgehead atoms. The smallest absolute Gasteiger partial charge is 0.257 e. The number of anilines is 1. The zero-order chi connectivity index (χ0) is 18.1. The minimum atomic E-state index is -0.570. The molecule has 3 N–H and O–H groups in total. The molecule has 4 rings (SSSR count). The van der Waals surface area contributed by atoms with Gasteiger partial charge in [0.25, 0.3) is 5.91 Å². The molecule has 1 saturated heterocycles. The number of ether oxygens (including phenoxy) is 1. The standard InChI is InChI=1S/C18H20N4O2S2/c1-11-7-13-8-26-17(21-15(23)12-5-3-2-4-6-12)22-18(13,10-24-11)16-20-14(19)9-25-16/h2-6,9,11,13H,7-8,10,19H2,1H3,(H,21,22,23)/t11?,13-,18+/m1/s1. The molecular weight excluding hydrogens is 368 g/mol. The van der Waals surface area contributed by atoms with Crippen molar-refractivity contribution in [1.29, 1.82) is 0 Å². The summed E-state index contributed by atoms with van der Waals surface area (Å²) in [7, 11) is 0. The summed E-state index contributed by atoms with van der Waals surface area (Å²) in [5.74, 6) is 1.51. The van der Waals surface area contributed by atoms with E-state index in [1.165, 1.54) is 11.3 Å². The fraction of sp³-hybridized carbons (Fsp3) is 0.389. The maximum Gasteiger partial charge on any atom is 0.257 e. The molecule has 26 heavy (non-hydrogen) atoms. The predicted octanol–water partition coefficient (Wildman–Crippen LogP) is 2.88. The van der Waals surface area contributed by atoms with Crippen molar-refractivity contribution in [2.75, 3.05) is 18.1 Å². The van der Waals surface area contributed by atoms with E-state index in [4.69, 9.17) is 15.5 Å².